The summed E-state index contributed by atoms with van der Waals surface area (Å²) >= 11 is 6.85. The Morgan fingerprint density at radius 1 is 1.56 bits per heavy atom. The van der Waals surface area contributed by atoms with Gasteiger partial charge in [-0.1, -0.05) is 12.2 Å². The Kier molecular flexibility index (Phi) is 3.48. The van der Waals surface area contributed by atoms with Gasteiger partial charge in [0.1, 0.15) is 17.1 Å². The number of H-pyrrole nitrogens is 1. The molecule has 0 atom stereocenters. The second kappa shape index (κ2) is 4.86. The topological polar surface area (TPSA) is 37.9 Å². The highest BCUT2D eigenvalue weighted by Crippen LogP contribution is 2.25. The van der Waals surface area contributed by atoms with E-state index < -0.39 is 0 Å². The quantitative estimate of drug-likeness (QED) is 0.852. The van der Waals surface area contributed by atoms with Crippen LogP contribution in [0, 0.1) is 11.6 Å². The Bertz CT molecular complexity index is 545. The molecule has 0 aromatic carbocycles. The van der Waals surface area contributed by atoms with E-state index in [0.717, 1.165) is 11.5 Å². The minimum atomic E-state index is 0.445. The Morgan fingerprint density at radius 2 is 2.38 bits per heavy atom. The van der Waals surface area contributed by atoms with Gasteiger partial charge in [-0.3, -0.25) is 0 Å². The Morgan fingerprint density at radius 3 is 3.00 bits per heavy atom. The minimum Gasteiger partial charge on any atom is -0.377 e. The summed E-state index contributed by atoms with van der Waals surface area (Å²) in [4.78, 5) is 8.70. The van der Waals surface area contributed by atoms with Gasteiger partial charge >= 0.3 is 0 Å². The van der Waals surface area contributed by atoms with Crippen LogP contribution in [-0.2, 0) is 11.3 Å². The first-order valence-electron chi connectivity index (χ1n) is 4.84. The fourth-order valence-electron chi connectivity index (χ4n) is 1.52. The van der Waals surface area contributed by atoms with Gasteiger partial charge in [-0.25, -0.2) is 4.98 Å². The molecule has 0 aliphatic heterocycles. The van der Waals surface area contributed by atoms with E-state index in [9.17, 15) is 0 Å². The third kappa shape index (κ3) is 2.37. The fraction of sp³-hybridized carbons (Fsp3) is 0.273. The smallest absolute Gasteiger partial charge is 0.134 e. The molecule has 1 N–H and O–H groups in total. The van der Waals surface area contributed by atoms with Crippen molar-refractivity contribution in [1.29, 1.82) is 0 Å². The molecule has 0 fully saturated rings. The van der Waals surface area contributed by atoms with E-state index in [2.05, 4.69) is 28.3 Å². The lowest BCUT2D eigenvalue weighted by molar-refractivity contribution is 0.177. The number of ether oxygens (including phenoxy) is 1. The minimum absolute atomic E-state index is 0.445. The first-order chi connectivity index (χ1) is 7.70. The predicted octanol–water partition coefficient (Wildman–Crippen LogP) is 3.32. The largest absolute Gasteiger partial charge is 0.377 e. The van der Waals surface area contributed by atoms with Crippen molar-refractivity contribution in [2.24, 2.45) is 0 Å². The van der Waals surface area contributed by atoms with Gasteiger partial charge in [0.2, 0.25) is 0 Å². The maximum atomic E-state index is 5.14. The molecular weight excluding hydrogens is 240 g/mol. The van der Waals surface area contributed by atoms with Crippen molar-refractivity contribution in [1.82, 2.24) is 9.97 Å². The molecule has 2 aromatic heterocycles. The average molecular weight is 252 g/mol. The van der Waals surface area contributed by atoms with Crippen LogP contribution in [0.3, 0.4) is 0 Å². The van der Waals surface area contributed by atoms with E-state index in [1.54, 1.807) is 18.4 Å². The predicted molar refractivity (Wildman–Crippen MR) is 68.2 cm³/mol. The van der Waals surface area contributed by atoms with E-state index in [1.807, 2.05) is 6.07 Å². The number of nitrogens with zero attached hydrogens (tertiary/aromatic N) is 1. The number of aromatic nitrogens is 2. The number of aromatic amines is 1. The summed E-state index contributed by atoms with van der Waals surface area (Å²) in [5.41, 5.74) is 2.18. The van der Waals surface area contributed by atoms with Crippen LogP contribution >= 0.6 is 23.6 Å². The molecule has 0 saturated heterocycles. The number of nitrogens with one attached hydrogen (secondary N) is 1. The highest BCUT2D eigenvalue weighted by atomic mass is 32.1. The van der Waals surface area contributed by atoms with Crippen molar-refractivity contribution in [3.8, 4) is 11.3 Å². The third-order valence-corrected chi connectivity index (χ3v) is 3.28. The lowest BCUT2D eigenvalue weighted by atomic mass is 10.2. The summed E-state index contributed by atoms with van der Waals surface area (Å²) in [5.74, 6) is 0.760. The van der Waals surface area contributed by atoms with Gasteiger partial charge in [-0.05, 0) is 24.4 Å². The van der Waals surface area contributed by atoms with Crippen molar-refractivity contribution < 1.29 is 4.74 Å². The molecule has 5 heteroatoms. The molecule has 0 aliphatic rings. The first-order valence-corrected chi connectivity index (χ1v) is 6.13. The van der Waals surface area contributed by atoms with E-state index in [4.69, 9.17) is 17.0 Å². The van der Waals surface area contributed by atoms with Crippen molar-refractivity contribution in [2.45, 2.75) is 13.5 Å². The van der Waals surface area contributed by atoms with Gasteiger partial charge in [-0.2, -0.15) is 0 Å². The van der Waals surface area contributed by atoms with Gasteiger partial charge in [0, 0.05) is 17.6 Å². The summed E-state index contributed by atoms with van der Waals surface area (Å²) < 4.78 is 5.64. The zero-order valence-electron chi connectivity index (χ0n) is 9.11. The summed E-state index contributed by atoms with van der Waals surface area (Å²) in [6.07, 6.45) is 0. The van der Waals surface area contributed by atoms with E-state index in [1.165, 1.54) is 10.4 Å². The number of thiophene rings is 1. The van der Waals surface area contributed by atoms with Crippen molar-refractivity contribution in [3.05, 3.63) is 32.9 Å². The molecule has 0 aliphatic carbocycles. The van der Waals surface area contributed by atoms with Crippen molar-refractivity contribution in [2.75, 3.05) is 7.11 Å². The fourth-order valence-corrected chi connectivity index (χ4v) is 2.46. The van der Waals surface area contributed by atoms with Crippen LogP contribution in [0.2, 0.25) is 0 Å². The summed E-state index contributed by atoms with van der Waals surface area (Å²) in [6, 6.07) is 3.96. The second-order valence-corrected chi connectivity index (χ2v) is 4.94. The molecule has 84 valence electrons. The van der Waals surface area contributed by atoms with Gasteiger partial charge in [0.25, 0.3) is 0 Å². The zero-order valence-corrected chi connectivity index (χ0v) is 10.7. The second-order valence-electron chi connectivity index (χ2n) is 3.40. The first kappa shape index (κ1) is 11.4. The van der Waals surface area contributed by atoms with Crippen molar-refractivity contribution in [3.63, 3.8) is 0 Å². The SMILES string of the molecule is COCc1nc(=S)cc(-c2ccsc2C)[nH]1. The Labute approximate surface area is 103 Å². The molecule has 2 heterocycles. The van der Waals surface area contributed by atoms with Crippen LogP contribution in [0.1, 0.15) is 10.7 Å². The zero-order chi connectivity index (χ0) is 11.5. The molecule has 3 nitrogen and oxygen atoms in total. The summed E-state index contributed by atoms with van der Waals surface area (Å²) in [7, 11) is 1.64. The maximum absolute atomic E-state index is 5.14. The van der Waals surface area contributed by atoms with E-state index >= 15 is 0 Å². The molecule has 0 unspecified atom stereocenters. The average Bonchev–Trinajstić information content (AvgIpc) is 2.64. The number of hydrogen-bond acceptors (Lipinski definition) is 4. The molecule has 0 amide bonds. The Balaban J connectivity index is 2.49. The standard InChI is InChI=1S/C11H12N2OS2/c1-7-8(3-4-16-7)9-5-11(15)13-10(12-9)6-14-2/h3-5H,6H2,1-2H3,(H,12,13,15). The number of aryl methyl sites for hydroxylation is 1. The van der Waals surface area contributed by atoms with Crippen LogP contribution in [0.15, 0.2) is 17.5 Å². The molecule has 0 bridgehead atoms. The Hall–Kier alpha value is -1.04. The van der Waals surface area contributed by atoms with Gasteiger partial charge < -0.3 is 9.72 Å². The van der Waals surface area contributed by atoms with Gasteiger partial charge in [0.05, 0.1) is 5.69 Å². The summed E-state index contributed by atoms with van der Waals surface area (Å²) in [6.45, 7) is 2.54. The molecular formula is C11H12N2OS2. The van der Waals surface area contributed by atoms with Gasteiger partial charge in [0.15, 0.2) is 0 Å². The highest BCUT2D eigenvalue weighted by Gasteiger charge is 2.05. The highest BCUT2D eigenvalue weighted by molar-refractivity contribution is 7.71. The van der Waals surface area contributed by atoms with Crippen LogP contribution in [0.5, 0.6) is 0 Å². The number of methoxy groups -OCH3 is 1. The summed E-state index contributed by atoms with van der Waals surface area (Å²) in [5, 5.41) is 2.07. The molecule has 2 aromatic rings. The normalized spacial score (nSPS) is 10.6. The monoisotopic (exact) mass is 252 g/mol. The van der Waals surface area contributed by atoms with Crippen LogP contribution in [-0.4, -0.2) is 17.1 Å². The molecule has 0 spiro atoms. The molecule has 0 radical (unpaired) electrons. The molecule has 2 rings (SSSR count). The van der Waals surface area contributed by atoms with Gasteiger partial charge in [-0.15, -0.1) is 11.3 Å². The molecule has 16 heavy (non-hydrogen) atoms. The van der Waals surface area contributed by atoms with Crippen LogP contribution in [0.25, 0.3) is 11.3 Å². The van der Waals surface area contributed by atoms with E-state index in [0.29, 0.717) is 11.2 Å². The van der Waals surface area contributed by atoms with Crippen molar-refractivity contribution >= 4 is 23.6 Å². The maximum Gasteiger partial charge on any atom is 0.134 e. The molecule has 0 saturated carbocycles. The number of rotatable bonds is 3. The van der Waals surface area contributed by atoms with Crippen LogP contribution in [0.4, 0.5) is 0 Å². The lowest BCUT2D eigenvalue weighted by Gasteiger charge is -2.04. The third-order valence-electron chi connectivity index (χ3n) is 2.22. The van der Waals surface area contributed by atoms with Crippen LogP contribution < -0.4 is 0 Å². The number of hydrogen-bond donors (Lipinski definition) is 1. The van der Waals surface area contributed by atoms with E-state index in [-0.39, 0.29) is 0 Å². The lowest BCUT2D eigenvalue weighted by Crippen LogP contribution is -1.98.